The average Bonchev–Trinajstić information content (AvgIpc) is 2.66. The molecule has 0 amide bonds. The minimum absolute atomic E-state index is 0.422. The molecule has 76 valence electrons. The Morgan fingerprint density at radius 2 is 2.21 bits per heavy atom. The first-order valence-electron chi connectivity index (χ1n) is 4.47. The molecule has 14 heavy (non-hydrogen) atoms. The third-order valence-electron chi connectivity index (χ3n) is 2.26. The summed E-state index contributed by atoms with van der Waals surface area (Å²) in [5.74, 6) is 1.84. The third-order valence-corrected chi connectivity index (χ3v) is 3.05. The first-order valence-corrected chi connectivity index (χ1v) is 5.27. The van der Waals surface area contributed by atoms with Crippen molar-refractivity contribution in [3.05, 3.63) is 16.1 Å². The van der Waals surface area contributed by atoms with Gasteiger partial charge in [-0.25, -0.2) is 4.98 Å². The molecular weight excluding hydrogens is 246 g/mol. The quantitative estimate of drug-likeness (QED) is 0.868. The number of nitrogens with zero attached hydrogens (tertiary/aromatic N) is 4. The van der Waals surface area contributed by atoms with Gasteiger partial charge < -0.3 is 5.73 Å². The molecule has 0 atom stereocenters. The Labute approximate surface area is 90.0 Å². The minimum Gasteiger partial charge on any atom is -0.325 e. The zero-order chi connectivity index (χ0) is 10.3. The van der Waals surface area contributed by atoms with E-state index in [0.717, 1.165) is 28.3 Å². The molecule has 5 nitrogen and oxygen atoms in total. The van der Waals surface area contributed by atoms with E-state index in [2.05, 4.69) is 32.9 Å². The van der Waals surface area contributed by atoms with Crippen LogP contribution in [-0.2, 0) is 20.0 Å². The van der Waals surface area contributed by atoms with Gasteiger partial charge in [0.2, 0.25) is 5.78 Å². The lowest BCUT2D eigenvalue weighted by molar-refractivity contribution is 0.800. The predicted molar refractivity (Wildman–Crippen MR) is 56.9 cm³/mol. The van der Waals surface area contributed by atoms with E-state index in [4.69, 9.17) is 5.73 Å². The first kappa shape index (κ1) is 9.67. The molecule has 0 spiro atoms. The predicted octanol–water partition coefficient (Wildman–Crippen LogP) is 0.851. The van der Waals surface area contributed by atoms with Gasteiger partial charge in [-0.3, -0.25) is 4.57 Å². The molecule has 2 aromatic rings. The summed E-state index contributed by atoms with van der Waals surface area (Å²) in [6.45, 7) is 2.49. The van der Waals surface area contributed by atoms with Crippen LogP contribution in [0.3, 0.4) is 0 Å². The van der Waals surface area contributed by atoms with E-state index in [1.54, 1.807) is 4.52 Å². The van der Waals surface area contributed by atoms with E-state index in [9.17, 15) is 0 Å². The van der Waals surface area contributed by atoms with Crippen molar-refractivity contribution in [1.82, 2.24) is 19.2 Å². The topological polar surface area (TPSA) is 61.1 Å². The van der Waals surface area contributed by atoms with Gasteiger partial charge in [0.05, 0.1) is 5.69 Å². The molecule has 2 aromatic heterocycles. The molecule has 0 bridgehead atoms. The highest BCUT2D eigenvalue weighted by atomic mass is 79.9. The molecule has 0 aromatic carbocycles. The zero-order valence-electron chi connectivity index (χ0n) is 8.16. The molecule has 2 N–H and O–H groups in total. The van der Waals surface area contributed by atoms with Crippen molar-refractivity contribution >= 4 is 21.7 Å². The van der Waals surface area contributed by atoms with Crippen LogP contribution in [0.2, 0.25) is 0 Å². The second-order valence-corrected chi connectivity index (χ2v) is 3.85. The van der Waals surface area contributed by atoms with Crippen LogP contribution < -0.4 is 5.73 Å². The fourth-order valence-corrected chi connectivity index (χ4v) is 1.95. The number of fused-ring (bicyclic) bond motifs is 1. The van der Waals surface area contributed by atoms with E-state index in [0.29, 0.717) is 6.54 Å². The van der Waals surface area contributed by atoms with Crippen LogP contribution in [0, 0.1) is 0 Å². The molecule has 0 aliphatic heterocycles. The van der Waals surface area contributed by atoms with Gasteiger partial charge in [-0.15, -0.1) is 0 Å². The highest BCUT2D eigenvalue weighted by molar-refractivity contribution is 9.10. The first-order chi connectivity index (χ1) is 6.69. The Balaban J connectivity index is 2.72. The highest BCUT2D eigenvalue weighted by Gasteiger charge is 2.14. The van der Waals surface area contributed by atoms with Crippen molar-refractivity contribution in [2.75, 3.05) is 0 Å². The van der Waals surface area contributed by atoms with Gasteiger partial charge in [-0.1, -0.05) is 6.92 Å². The highest BCUT2D eigenvalue weighted by Crippen LogP contribution is 2.18. The summed E-state index contributed by atoms with van der Waals surface area (Å²) < 4.78 is 4.61. The molecule has 2 rings (SSSR count). The van der Waals surface area contributed by atoms with Crippen molar-refractivity contribution < 1.29 is 0 Å². The maximum Gasteiger partial charge on any atom is 0.233 e. The summed E-state index contributed by atoms with van der Waals surface area (Å²) in [6.07, 6.45) is 0.893. The van der Waals surface area contributed by atoms with Crippen LogP contribution in [0.15, 0.2) is 4.60 Å². The summed E-state index contributed by atoms with van der Waals surface area (Å²) >= 11 is 3.43. The van der Waals surface area contributed by atoms with Gasteiger partial charge in [0.25, 0.3) is 0 Å². The van der Waals surface area contributed by atoms with Crippen LogP contribution in [0.5, 0.6) is 0 Å². The summed E-state index contributed by atoms with van der Waals surface area (Å²) in [5, 5.41) is 4.41. The van der Waals surface area contributed by atoms with Gasteiger partial charge >= 0.3 is 0 Å². The molecule has 0 radical (unpaired) electrons. The molecule has 0 aliphatic carbocycles. The number of rotatable bonds is 2. The average molecular weight is 258 g/mol. The number of hydrogen-bond donors (Lipinski definition) is 1. The largest absolute Gasteiger partial charge is 0.325 e. The number of aromatic nitrogens is 4. The Hall–Kier alpha value is -0.880. The number of imidazole rings is 1. The van der Waals surface area contributed by atoms with Crippen molar-refractivity contribution in [2.24, 2.45) is 12.8 Å². The summed E-state index contributed by atoms with van der Waals surface area (Å²) in [5.41, 5.74) is 6.39. The monoisotopic (exact) mass is 257 g/mol. The maximum absolute atomic E-state index is 5.55. The molecular formula is C8H12BrN5. The fourth-order valence-electron chi connectivity index (χ4n) is 1.47. The van der Waals surface area contributed by atoms with E-state index in [-0.39, 0.29) is 0 Å². The summed E-state index contributed by atoms with van der Waals surface area (Å²) in [4.78, 5) is 4.39. The molecule has 6 heteroatoms. The van der Waals surface area contributed by atoms with E-state index >= 15 is 0 Å². The van der Waals surface area contributed by atoms with Crippen LogP contribution in [0.4, 0.5) is 0 Å². The lowest BCUT2D eigenvalue weighted by Crippen LogP contribution is -2.00. The van der Waals surface area contributed by atoms with Gasteiger partial charge in [-0.05, 0) is 15.9 Å². The van der Waals surface area contributed by atoms with E-state index in [1.165, 1.54) is 0 Å². The molecule has 0 saturated carbocycles. The van der Waals surface area contributed by atoms with Crippen molar-refractivity contribution in [2.45, 2.75) is 19.9 Å². The van der Waals surface area contributed by atoms with Crippen molar-refractivity contribution in [3.63, 3.8) is 0 Å². The van der Waals surface area contributed by atoms with Crippen LogP contribution in [0.25, 0.3) is 5.78 Å². The minimum atomic E-state index is 0.422. The normalized spacial score (nSPS) is 11.4. The van der Waals surface area contributed by atoms with Crippen LogP contribution in [0.1, 0.15) is 18.4 Å². The Morgan fingerprint density at radius 1 is 1.50 bits per heavy atom. The van der Waals surface area contributed by atoms with Gasteiger partial charge in [0.15, 0.2) is 0 Å². The number of nitrogens with two attached hydrogens (primary N) is 1. The molecule has 2 heterocycles. The van der Waals surface area contributed by atoms with Gasteiger partial charge in [0.1, 0.15) is 10.4 Å². The SMILES string of the molecule is CCc1nn2c(Br)c(CN)nc2n1C. The van der Waals surface area contributed by atoms with E-state index in [1.807, 2.05) is 11.6 Å². The van der Waals surface area contributed by atoms with Gasteiger partial charge in [-0.2, -0.15) is 9.61 Å². The second kappa shape index (κ2) is 3.36. The molecule has 0 unspecified atom stereocenters. The molecule has 0 saturated heterocycles. The van der Waals surface area contributed by atoms with Crippen molar-refractivity contribution in [3.8, 4) is 0 Å². The smallest absolute Gasteiger partial charge is 0.233 e. The number of halogens is 1. The Bertz CT molecular complexity index is 425. The fraction of sp³-hybridized carbons (Fsp3) is 0.500. The van der Waals surface area contributed by atoms with Crippen LogP contribution in [-0.4, -0.2) is 19.2 Å². The summed E-state index contributed by atoms with van der Waals surface area (Å²) in [7, 11) is 1.96. The second-order valence-electron chi connectivity index (χ2n) is 3.09. The zero-order valence-corrected chi connectivity index (χ0v) is 9.74. The molecule has 0 fully saturated rings. The van der Waals surface area contributed by atoms with Crippen LogP contribution >= 0.6 is 15.9 Å². The number of hydrogen-bond acceptors (Lipinski definition) is 3. The lowest BCUT2D eigenvalue weighted by Gasteiger charge is -1.94. The van der Waals surface area contributed by atoms with Crippen molar-refractivity contribution in [1.29, 1.82) is 0 Å². The Morgan fingerprint density at radius 3 is 2.71 bits per heavy atom. The Kier molecular flexibility index (Phi) is 2.32. The lowest BCUT2D eigenvalue weighted by atomic mass is 10.4. The standard InChI is InChI=1S/C8H12BrN5/c1-3-6-12-14-7(9)5(4-10)11-8(14)13(6)2/h3-4,10H2,1-2H3. The summed E-state index contributed by atoms with van der Waals surface area (Å²) in [6, 6.07) is 0. The third kappa shape index (κ3) is 1.18. The maximum atomic E-state index is 5.55. The number of aryl methyl sites for hydroxylation is 2. The molecule has 0 aliphatic rings. The van der Waals surface area contributed by atoms with Gasteiger partial charge in [0, 0.05) is 20.0 Å². The van der Waals surface area contributed by atoms with E-state index < -0.39 is 0 Å².